The van der Waals surface area contributed by atoms with Gasteiger partial charge in [-0.2, -0.15) is 0 Å². The number of hydrogen-bond acceptors (Lipinski definition) is 5. The zero-order valence-corrected chi connectivity index (χ0v) is 21.5. The van der Waals surface area contributed by atoms with E-state index in [1.165, 1.54) is 6.08 Å². The number of nitrogens with zero attached hydrogens (tertiary/aromatic N) is 1. The predicted molar refractivity (Wildman–Crippen MR) is 152 cm³/mol. The summed E-state index contributed by atoms with van der Waals surface area (Å²) in [6, 6.07) is 25.2. The third kappa shape index (κ3) is 5.54. The molecule has 0 bridgehead atoms. The van der Waals surface area contributed by atoms with E-state index >= 15 is 0 Å². The summed E-state index contributed by atoms with van der Waals surface area (Å²) >= 11 is 13.1. The Labute approximate surface area is 222 Å². The minimum absolute atomic E-state index is 0.201. The number of furan rings is 1. The fourth-order valence-corrected chi connectivity index (χ4v) is 4.88. The average molecular weight is 530 g/mol. The van der Waals surface area contributed by atoms with Crippen LogP contribution in [0.1, 0.15) is 11.3 Å². The second-order valence-electron chi connectivity index (χ2n) is 8.01. The number of para-hydroxylation sites is 1. The quantitative estimate of drug-likeness (QED) is 0.180. The highest BCUT2D eigenvalue weighted by Crippen LogP contribution is 2.30. The summed E-state index contributed by atoms with van der Waals surface area (Å²) in [5.41, 5.74) is 4.64. The number of carbonyl (C=O) groups excluding carboxylic acids is 1. The summed E-state index contributed by atoms with van der Waals surface area (Å²) in [7, 11) is 0. The van der Waals surface area contributed by atoms with Gasteiger partial charge in [-0.05, 0) is 85.4 Å². The van der Waals surface area contributed by atoms with Gasteiger partial charge in [0.2, 0.25) is 5.91 Å². The van der Waals surface area contributed by atoms with Gasteiger partial charge in [0, 0.05) is 27.9 Å². The summed E-state index contributed by atoms with van der Waals surface area (Å²) in [6.07, 6.45) is 2.96. The normalized spacial score (nSPS) is 11.2. The Hall–Kier alpha value is -3.78. The first-order valence-corrected chi connectivity index (χ1v) is 12.7. The zero-order valence-electron chi connectivity index (χ0n) is 19.1. The molecule has 0 saturated carbocycles. The van der Waals surface area contributed by atoms with Crippen LogP contribution < -0.4 is 10.6 Å². The van der Waals surface area contributed by atoms with Gasteiger partial charge in [-0.3, -0.25) is 10.1 Å². The van der Waals surface area contributed by atoms with Crippen molar-refractivity contribution in [2.75, 3.05) is 5.32 Å². The number of aryl methyl sites for hydroxylation is 1. The number of halogens is 1. The molecule has 3 aromatic carbocycles. The number of rotatable bonds is 5. The third-order valence-corrected chi connectivity index (χ3v) is 7.10. The Morgan fingerprint density at radius 3 is 2.58 bits per heavy atom. The topological polar surface area (TPSA) is 67.2 Å². The van der Waals surface area contributed by atoms with E-state index in [1.54, 1.807) is 23.5 Å². The molecule has 5 nitrogen and oxygen atoms in total. The maximum atomic E-state index is 12.3. The van der Waals surface area contributed by atoms with Crippen LogP contribution in [0.25, 0.3) is 38.2 Å². The van der Waals surface area contributed by atoms with E-state index in [0.29, 0.717) is 16.5 Å². The van der Waals surface area contributed by atoms with Crippen molar-refractivity contribution >= 4 is 68.2 Å². The Morgan fingerprint density at radius 1 is 1.03 bits per heavy atom. The highest BCUT2D eigenvalue weighted by molar-refractivity contribution is 7.80. The van der Waals surface area contributed by atoms with E-state index in [1.807, 2.05) is 73.7 Å². The standard InChI is InChI=1S/C28H20ClN3O2S2/c1-17-6-7-19(16-22(17)29)24-14-12-21(34-24)13-15-26(33)32-28(35)30-20-10-8-18(9-11-20)27-31-23-4-2-3-5-25(23)36-27/h2-16H,1H3,(H2,30,32,33,35)/b15-13+. The van der Waals surface area contributed by atoms with Gasteiger partial charge in [0.25, 0.3) is 0 Å². The maximum absolute atomic E-state index is 12.3. The molecule has 2 N–H and O–H groups in total. The number of hydrogen-bond donors (Lipinski definition) is 2. The number of nitrogens with one attached hydrogen (secondary N) is 2. The van der Waals surface area contributed by atoms with Gasteiger partial charge in [-0.15, -0.1) is 11.3 Å². The van der Waals surface area contributed by atoms with E-state index in [-0.39, 0.29) is 11.0 Å². The second-order valence-corrected chi connectivity index (χ2v) is 9.85. The van der Waals surface area contributed by atoms with Crippen LogP contribution in [0.5, 0.6) is 0 Å². The van der Waals surface area contributed by atoms with Crippen LogP contribution in [0.3, 0.4) is 0 Å². The smallest absolute Gasteiger partial charge is 0.250 e. The first-order valence-electron chi connectivity index (χ1n) is 11.1. The van der Waals surface area contributed by atoms with E-state index < -0.39 is 0 Å². The molecule has 5 rings (SSSR count). The predicted octanol–water partition coefficient (Wildman–Crippen LogP) is 7.71. The van der Waals surface area contributed by atoms with Crippen LogP contribution in [0.2, 0.25) is 5.02 Å². The minimum atomic E-state index is -0.366. The van der Waals surface area contributed by atoms with Crippen molar-refractivity contribution < 1.29 is 9.21 Å². The number of thiazole rings is 1. The molecule has 5 aromatic rings. The van der Waals surface area contributed by atoms with Crippen LogP contribution in [0.15, 0.2) is 89.4 Å². The molecule has 2 aromatic heterocycles. The van der Waals surface area contributed by atoms with Gasteiger partial charge in [-0.1, -0.05) is 35.9 Å². The summed E-state index contributed by atoms with van der Waals surface area (Å²) < 4.78 is 6.95. The summed E-state index contributed by atoms with van der Waals surface area (Å²) in [4.78, 5) is 17.0. The third-order valence-electron chi connectivity index (χ3n) is 5.40. The van der Waals surface area contributed by atoms with Crippen LogP contribution in [0.4, 0.5) is 5.69 Å². The van der Waals surface area contributed by atoms with E-state index in [0.717, 1.165) is 37.6 Å². The lowest BCUT2D eigenvalue weighted by atomic mass is 10.1. The molecule has 0 radical (unpaired) electrons. The highest BCUT2D eigenvalue weighted by atomic mass is 35.5. The zero-order chi connectivity index (χ0) is 25.1. The molecular formula is C28H20ClN3O2S2. The van der Waals surface area contributed by atoms with Gasteiger partial charge in [-0.25, -0.2) is 4.98 Å². The van der Waals surface area contributed by atoms with Crippen LogP contribution in [-0.2, 0) is 4.79 Å². The molecule has 178 valence electrons. The minimum Gasteiger partial charge on any atom is -0.457 e. The summed E-state index contributed by atoms with van der Waals surface area (Å²) in [5.74, 6) is 0.847. The lowest BCUT2D eigenvalue weighted by Crippen LogP contribution is -2.32. The fraction of sp³-hybridized carbons (Fsp3) is 0.0357. The number of benzene rings is 3. The van der Waals surface area contributed by atoms with Crippen LogP contribution in [-0.4, -0.2) is 16.0 Å². The Bertz CT molecular complexity index is 1570. The van der Waals surface area contributed by atoms with Gasteiger partial charge >= 0.3 is 0 Å². The van der Waals surface area contributed by atoms with Crippen LogP contribution >= 0.6 is 35.2 Å². The Kier molecular flexibility index (Phi) is 6.95. The fourth-order valence-electron chi connectivity index (χ4n) is 3.51. The first kappa shape index (κ1) is 23.9. The maximum Gasteiger partial charge on any atom is 0.250 e. The number of carbonyl (C=O) groups is 1. The first-order chi connectivity index (χ1) is 17.4. The largest absolute Gasteiger partial charge is 0.457 e. The molecule has 0 aliphatic carbocycles. The van der Waals surface area contributed by atoms with Gasteiger partial charge in [0.05, 0.1) is 10.2 Å². The Morgan fingerprint density at radius 2 is 1.81 bits per heavy atom. The average Bonchev–Trinajstić information content (AvgIpc) is 3.52. The molecule has 36 heavy (non-hydrogen) atoms. The molecule has 0 aliphatic heterocycles. The van der Waals surface area contributed by atoms with Crippen LogP contribution in [0, 0.1) is 6.92 Å². The van der Waals surface area contributed by atoms with Crippen molar-refractivity contribution in [1.82, 2.24) is 10.3 Å². The van der Waals surface area contributed by atoms with E-state index in [2.05, 4.69) is 21.7 Å². The SMILES string of the molecule is Cc1ccc(-c2ccc(/C=C/C(=O)NC(=S)Nc3ccc(-c4nc5ccccc5s4)cc3)o2)cc1Cl. The number of aromatic nitrogens is 1. The van der Waals surface area contributed by atoms with E-state index in [4.69, 9.17) is 28.2 Å². The second kappa shape index (κ2) is 10.5. The number of thiocarbonyl (C=S) groups is 1. The molecule has 8 heteroatoms. The lowest BCUT2D eigenvalue weighted by Gasteiger charge is -2.08. The molecule has 2 heterocycles. The van der Waals surface area contributed by atoms with Crippen molar-refractivity contribution in [3.05, 3.63) is 101 Å². The van der Waals surface area contributed by atoms with E-state index in [9.17, 15) is 4.79 Å². The highest BCUT2D eigenvalue weighted by Gasteiger charge is 2.08. The molecule has 0 saturated heterocycles. The van der Waals surface area contributed by atoms with Crippen molar-refractivity contribution in [3.8, 4) is 21.9 Å². The molecule has 0 aliphatic rings. The monoisotopic (exact) mass is 529 g/mol. The lowest BCUT2D eigenvalue weighted by molar-refractivity contribution is -0.115. The number of anilines is 1. The molecule has 0 atom stereocenters. The van der Waals surface area contributed by atoms with Crippen molar-refractivity contribution in [3.63, 3.8) is 0 Å². The Balaban J connectivity index is 1.16. The molecule has 0 unspecified atom stereocenters. The van der Waals surface area contributed by atoms with Crippen molar-refractivity contribution in [1.29, 1.82) is 0 Å². The molecule has 0 spiro atoms. The molecule has 1 amide bonds. The molecule has 0 fully saturated rings. The summed E-state index contributed by atoms with van der Waals surface area (Å²) in [5, 5.41) is 7.49. The van der Waals surface area contributed by atoms with Crippen molar-refractivity contribution in [2.45, 2.75) is 6.92 Å². The number of amides is 1. The van der Waals surface area contributed by atoms with Crippen molar-refractivity contribution in [2.24, 2.45) is 0 Å². The van der Waals surface area contributed by atoms with Gasteiger partial charge < -0.3 is 9.73 Å². The van der Waals surface area contributed by atoms with Gasteiger partial charge in [0.1, 0.15) is 16.5 Å². The summed E-state index contributed by atoms with van der Waals surface area (Å²) in [6.45, 7) is 1.94. The van der Waals surface area contributed by atoms with Gasteiger partial charge in [0.15, 0.2) is 5.11 Å². The molecular weight excluding hydrogens is 510 g/mol. The number of fused-ring (bicyclic) bond motifs is 1.